The van der Waals surface area contributed by atoms with E-state index in [0.717, 1.165) is 0 Å². The number of rotatable bonds is 6. The van der Waals surface area contributed by atoms with Gasteiger partial charge in [-0.3, -0.25) is 19.6 Å². The Morgan fingerprint density at radius 2 is 1.07 bits per heavy atom. The summed E-state index contributed by atoms with van der Waals surface area (Å²) in [6.07, 6.45) is 2.67. The summed E-state index contributed by atoms with van der Waals surface area (Å²) in [4.78, 5) is 27.4. The third-order valence-electron chi connectivity index (χ3n) is 2.79. The Labute approximate surface area is 166 Å². The Kier molecular flexibility index (Phi) is 11.6. The van der Waals surface area contributed by atoms with E-state index in [1.54, 1.807) is 36.4 Å². The fraction of sp³-hybridized carbons (Fsp3) is 0.111. The van der Waals surface area contributed by atoms with Crippen molar-refractivity contribution in [2.75, 3.05) is 13.1 Å². The van der Waals surface area contributed by atoms with Crippen LogP contribution in [0.15, 0.2) is 58.5 Å². The topological polar surface area (TPSA) is 140 Å². The molecule has 0 unspecified atom stereocenters. The van der Waals surface area contributed by atoms with Crippen molar-refractivity contribution >= 4 is 24.4 Å². The number of carbonyl (C=O) groups is 2. The molecular formula is C18H18FeN2O6. The molecule has 0 radical (unpaired) electrons. The van der Waals surface area contributed by atoms with Gasteiger partial charge in [0.2, 0.25) is 0 Å². The molecule has 0 aliphatic heterocycles. The Morgan fingerprint density at radius 1 is 0.741 bits per heavy atom. The van der Waals surface area contributed by atoms with Crippen LogP contribution in [0.1, 0.15) is 11.1 Å². The summed E-state index contributed by atoms with van der Waals surface area (Å²) >= 11 is 0. The minimum Gasteiger partial charge on any atom is -0.507 e. The summed E-state index contributed by atoms with van der Waals surface area (Å²) in [5, 5.41) is 35.0. The van der Waals surface area contributed by atoms with Gasteiger partial charge in [-0.05, 0) is 24.3 Å². The Bertz CT molecular complexity index is 740. The van der Waals surface area contributed by atoms with Crippen molar-refractivity contribution in [2.45, 2.75) is 0 Å². The van der Waals surface area contributed by atoms with Gasteiger partial charge in [0.15, 0.2) is 0 Å². The van der Waals surface area contributed by atoms with Crippen LogP contribution in [0.4, 0.5) is 0 Å². The van der Waals surface area contributed by atoms with E-state index >= 15 is 0 Å². The molecule has 2 aromatic carbocycles. The van der Waals surface area contributed by atoms with Crippen LogP contribution in [0.5, 0.6) is 11.5 Å². The Morgan fingerprint density at radius 3 is 1.37 bits per heavy atom. The van der Waals surface area contributed by atoms with E-state index < -0.39 is 11.9 Å². The van der Waals surface area contributed by atoms with Crippen molar-refractivity contribution in [3.63, 3.8) is 0 Å². The van der Waals surface area contributed by atoms with Crippen LogP contribution in [-0.2, 0) is 26.7 Å². The summed E-state index contributed by atoms with van der Waals surface area (Å²) in [5.41, 5.74) is 1.03. The zero-order valence-corrected chi connectivity index (χ0v) is 15.1. The van der Waals surface area contributed by atoms with E-state index in [1.165, 1.54) is 24.6 Å². The molecule has 0 amide bonds. The molecule has 4 N–H and O–H groups in total. The van der Waals surface area contributed by atoms with Crippen molar-refractivity contribution in [1.82, 2.24) is 0 Å². The number of hydrogen-bond acceptors (Lipinski definition) is 6. The zero-order chi connectivity index (χ0) is 19.4. The van der Waals surface area contributed by atoms with Gasteiger partial charge in [0, 0.05) is 40.6 Å². The fourth-order valence-corrected chi connectivity index (χ4v) is 1.64. The van der Waals surface area contributed by atoms with Crippen LogP contribution in [-0.4, -0.2) is 57.9 Å². The minimum atomic E-state index is -0.994. The number of carboxylic acid groups (broad SMARTS) is 2. The first kappa shape index (κ1) is 23.8. The van der Waals surface area contributed by atoms with Crippen LogP contribution in [0, 0.1) is 0 Å². The number of para-hydroxylation sites is 2. The van der Waals surface area contributed by atoms with Crippen LogP contribution < -0.4 is 0 Å². The standard InChI is InChI=1S/2C9H9NO3.Fe/c2*11-8-4-2-1-3-7(8)5-10-6-9(12)13;/h2*1-5,11H,6H2,(H,12,13);. The van der Waals surface area contributed by atoms with Gasteiger partial charge < -0.3 is 20.4 Å². The maximum absolute atomic E-state index is 10.1. The maximum Gasteiger partial charge on any atom is 0.325 e. The van der Waals surface area contributed by atoms with Crippen molar-refractivity contribution in [3.05, 3.63) is 59.7 Å². The molecule has 2 aromatic rings. The van der Waals surface area contributed by atoms with Crippen molar-refractivity contribution in [1.29, 1.82) is 0 Å². The van der Waals surface area contributed by atoms with Crippen LogP contribution in [0.3, 0.4) is 0 Å². The molecule has 144 valence electrons. The van der Waals surface area contributed by atoms with Gasteiger partial charge >= 0.3 is 11.9 Å². The first-order chi connectivity index (χ1) is 12.4. The fourth-order valence-electron chi connectivity index (χ4n) is 1.64. The number of aromatic hydroxyl groups is 2. The van der Waals surface area contributed by atoms with Crippen LogP contribution >= 0.6 is 0 Å². The van der Waals surface area contributed by atoms with Crippen molar-refractivity contribution in [2.24, 2.45) is 9.98 Å². The second-order valence-electron chi connectivity index (χ2n) is 4.84. The molecule has 0 spiro atoms. The number of aliphatic carboxylic acids is 2. The largest absolute Gasteiger partial charge is 0.507 e. The van der Waals surface area contributed by atoms with Crippen LogP contribution in [0.25, 0.3) is 0 Å². The smallest absolute Gasteiger partial charge is 0.325 e. The second kappa shape index (κ2) is 13.1. The minimum absolute atomic E-state index is 0. The number of aliphatic imine (C=N–C) groups is 2. The number of nitrogens with zero attached hydrogens (tertiary/aromatic N) is 2. The van der Waals surface area contributed by atoms with Gasteiger partial charge in [-0.2, -0.15) is 0 Å². The van der Waals surface area contributed by atoms with E-state index in [9.17, 15) is 19.8 Å². The Hall–Kier alpha value is -3.16. The van der Waals surface area contributed by atoms with Crippen LogP contribution in [0.2, 0.25) is 0 Å². The molecule has 2 rings (SSSR count). The summed E-state index contributed by atoms with van der Waals surface area (Å²) < 4.78 is 0. The zero-order valence-electron chi connectivity index (χ0n) is 14.0. The molecule has 8 nitrogen and oxygen atoms in total. The summed E-state index contributed by atoms with van der Waals surface area (Å²) in [7, 11) is 0. The summed E-state index contributed by atoms with van der Waals surface area (Å²) in [6.45, 7) is -0.567. The van der Waals surface area contributed by atoms with E-state index in [4.69, 9.17) is 10.2 Å². The van der Waals surface area contributed by atoms with E-state index in [0.29, 0.717) is 11.1 Å². The number of carboxylic acids is 2. The summed E-state index contributed by atoms with van der Waals surface area (Å²) in [5.74, 6) is -1.80. The predicted molar refractivity (Wildman–Crippen MR) is 96.4 cm³/mol. The third kappa shape index (κ3) is 10.4. The van der Waals surface area contributed by atoms with Gasteiger partial charge in [0.1, 0.15) is 24.6 Å². The molecular weight excluding hydrogens is 396 g/mol. The Balaban J connectivity index is 0.000000483. The van der Waals surface area contributed by atoms with Gasteiger partial charge in [-0.25, -0.2) is 0 Å². The molecule has 0 bridgehead atoms. The van der Waals surface area contributed by atoms with Gasteiger partial charge in [0.25, 0.3) is 0 Å². The number of phenols is 2. The number of benzene rings is 2. The molecule has 0 aliphatic carbocycles. The molecule has 0 fully saturated rings. The molecule has 27 heavy (non-hydrogen) atoms. The molecule has 0 saturated heterocycles. The van der Waals surface area contributed by atoms with Crippen molar-refractivity contribution < 1.29 is 47.1 Å². The molecule has 0 aliphatic rings. The molecule has 0 aromatic heterocycles. The first-order valence-corrected chi connectivity index (χ1v) is 7.39. The molecule has 9 heteroatoms. The maximum atomic E-state index is 10.1. The monoisotopic (exact) mass is 414 g/mol. The normalized spacial score (nSPS) is 10.1. The SMILES string of the molecule is O=C(O)CN=Cc1ccccc1O.O=C(O)CN=Cc1ccccc1O.[Fe]. The third-order valence-corrected chi connectivity index (χ3v) is 2.79. The number of hydrogen-bond donors (Lipinski definition) is 4. The van der Waals surface area contributed by atoms with E-state index in [-0.39, 0.29) is 41.7 Å². The predicted octanol–water partition coefficient (Wildman–Crippen LogP) is 1.79. The van der Waals surface area contributed by atoms with Gasteiger partial charge in [-0.1, -0.05) is 24.3 Å². The first-order valence-electron chi connectivity index (χ1n) is 7.39. The van der Waals surface area contributed by atoms with Gasteiger partial charge in [0.05, 0.1) is 0 Å². The number of phenolic OH excluding ortho intramolecular Hbond substituents is 2. The average Bonchev–Trinajstić information content (AvgIpc) is 2.58. The van der Waals surface area contributed by atoms with Gasteiger partial charge in [-0.15, -0.1) is 0 Å². The van der Waals surface area contributed by atoms with Crippen molar-refractivity contribution in [3.8, 4) is 11.5 Å². The average molecular weight is 414 g/mol. The molecule has 0 saturated carbocycles. The molecule has 0 heterocycles. The molecule has 0 atom stereocenters. The second-order valence-corrected chi connectivity index (χ2v) is 4.84. The quantitative estimate of drug-likeness (QED) is 0.420. The van der Waals surface area contributed by atoms with E-state index in [2.05, 4.69) is 9.98 Å². The van der Waals surface area contributed by atoms with E-state index in [1.807, 2.05) is 0 Å². The summed E-state index contributed by atoms with van der Waals surface area (Å²) in [6, 6.07) is 13.2.